The van der Waals surface area contributed by atoms with Gasteiger partial charge in [-0.1, -0.05) is 19.1 Å². The first-order valence-corrected chi connectivity index (χ1v) is 10.4. The highest BCUT2D eigenvalue weighted by Gasteiger charge is 2.18. The summed E-state index contributed by atoms with van der Waals surface area (Å²) in [4.78, 5) is 13.4. The van der Waals surface area contributed by atoms with E-state index in [9.17, 15) is 4.39 Å². The van der Waals surface area contributed by atoms with Gasteiger partial charge in [-0.3, -0.25) is 4.98 Å². The molecule has 1 aliphatic rings. The molecule has 0 saturated carbocycles. The smallest absolute Gasteiger partial charge is 0.191 e. The Kier molecular flexibility index (Phi) is 10.3. The number of hydrogen-bond donors (Lipinski definition) is 2. The lowest BCUT2D eigenvalue weighted by molar-refractivity contribution is 0.270. The van der Waals surface area contributed by atoms with E-state index in [1.807, 2.05) is 37.3 Å². The van der Waals surface area contributed by atoms with Crippen LogP contribution in [0.15, 0.2) is 47.6 Å². The Hall–Kier alpha value is -1.94. The third-order valence-corrected chi connectivity index (χ3v) is 5.10. The summed E-state index contributed by atoms with van der Waals surface area (Å²) in [5.41, 5.74) is 2.49. The van der Waals surface area contributed by atoms with E-state index in [0.717, 1.165) is 50.5 Å². The van der Waals surface area contributed by atoms with Crippen molar-refractivity contribution < 1.29 is 4.39 Å². The van der Waals surface area contributed by atoms with Crippen LogP contribution in [0.25, 0.3) is 0 Å². The van der Waals surface area contributed by atoms with E-state index >= 15 is 0 Å². The van der Waals surface area contributed by atoms with Gasteiger partial charge in [-0.25, -0.2) is 9.38 Å². The van der Waals surface area contributed by atoms with Crippen molar-refractivity contribution in [3.63, 3.8) is 0 Å². The highest BCUT2D eigenvalue weighted by molar-refractivity contribution is 14.0. The first-order chi connectivity index (χ1) is 14.2. The van der Waals surface area contributed by atoms with Gasteiger partial charge in [0.25, 0.3) is 0 Å². The molecular weight excluding hydrogens is 494 g/mol. The van der Waals surface area contributed by atoms with Crippen LogP contribution in [0.1, 0.15) is 25.1 Å². The van der Waals surface area contributed by atoms with E-state index in [-0.39, 0.29) is 29.8 Å². The fourth-order valence-corrected chi connectivity index (χ4v) is 3.40. The second-order valence-corrected chi connectivity index (χ2v) is 7.08. The van der Waals surface area contributed by atoms with E-state index in [1.54, 1.807) is 12.3 Å². The third-order valence-electron chi connectivity index (χ3n) is 5.10. The van der Waals surface area contributed by atoms with Crippen molar-refractivity contribution in [2.45, 2.75) is 26.9 Å². The van der Waals surface area contributed by atoms with Crippen molar-refractivity contribution >= 4 is 35.6 Å². The van der Waals surface area contributed by atoms with E-state index in [2.05, 4.69) is 37.3 Å². The second kappa shape index (κ2) is 12.7. The number of anilines is 1. The second-order valence-electron chi connectivity index (χ2n) is 7.08. The lowest BCUT2D eigenvalue weighted by atomic mass is 10.1. The molecule has 1 aromatic carbocycles. The van der Waals surface area contributed by atoms with Crippen LogP contribution in [-0.2, 0) is 13.1 Å². The molecule has 1 fully saturated rings. The zero-order valence-electron chi connectivity index (χ0n) is 17.8. The molecule has 3 rings (SSSR count). The normalized spacial score (nSPS) is 14.9. The number of rotatable bonds is 7. The molecule has 0 aliphatic carbocycles. The van der Waals surface area contributed by atoms with Crippen LogP contribution in [-0.4, -0.2) is 55.1 Å². The van der Waals surface area contributed by atoms with E-state index in [1.165, 1.54) is 0 Å². The molecule has 6 nitrogen and oxygen atoms in total. The molecule has 1 saturated heterocycles. The minimum absolute atomic E-state index is 0. The van der Waals surface area contributed by atoms with Gasteiger partial charge in [0.05, 0.1) is 24.5 Å². The predicted octanol–water partition coefficient (Wildman–Crippen LogP) is 3.24. The molecule has 1 aromatic heterocycles. The molecule has 0 amide bonds. The third kappa shape index (κ3) is 7.09. The van der Waals surface area contributed by atoms with Crippen molar-refractivity contribution in [1.82, 2.24) is 20.5 Å². The minimum atomic E-state index is -0.172. The Morgan fingerprint density at radius 1 is 1.10 bits per heavy atom. The van der Waals surface area contributed by atoms with Gasteiger partial charge in [-0.2, -0.15) is 0 Å². The van der Waals surface area contributed by atoms with Crippen molar-refractivity contribution in [1.29, 1.82) is 0 Å². The molecule has 1 aliphatic heterocycles. The van der Waals surface area contributed by atoms with Crippen molar-refractivity contribution in [2.75, 3.05) is 44.2 Å². The number of likely N-dealkylation sites (N-methyl/N-ethyl adjacent to an activating group) is 1. The molecule has 0 unspecified atom stereocenters. The fourth-order valence-electron chi connectivity index (χ4n) is 3.40. The summed E-state index contributed by atoms with van der Waals surface area (Å²) < 4.78 is 14.7. The SMILES string of the molecule is CCNC(=NCc1ccc(N2CCN(CC)CC2)c(F)c1)NCc1ccccn1.I. The molecule has 0 bridgehead atoms. The van der Waals surface area contributed by atoms with Crippen LogP contribution in [0.4, 0.5) is 10.1 Å². The van der Waals surface area contributed by atoms with Gasteiger partial charge in [-0.05, 0) is 43.3 Å². The first kappa shape index (κ1) is 24.3. The van der Waals surface area contributed by atoms with Crippen LogP contribution >= 0.6 is 24.0 Å². The fraction of sp³-hybridized carbons (Fsp3) is 0.455. The maximum Gasteiger partial charge on any atom is 0.191 e. The number of hydrogen-bond acceptors (Lipinski definition) is 4. The van der Waals surface area contributed by atoms with E-state index in [4.69, 9.17) is 0 Å². The number of nitrogens with zero attached hydrogens (tertiary/aromatic N) is 4. The van der Waals surface area contributed by atoms with Gasteiger partial charge in [0, 0.05) is 38.9 Å². The Labute approximate surface area is 196 Å². The Balaban J connectivity index is 0.00000320. The first-order valence-electron chi connectivity index (χ1n) is 10.4. The number of aliphatic imine (C=N–C) groups is 1. The summed E-state index contributed by atoms with van der Waals surface area (Å²) in [5, 5.41) is 6.48. The maximum absolute atomic E-state index is 14.7. The predicted molar refractivity (Wildman–Crippen MR) is 132 cm³/mol. The zero-order valence-corrected chi connectivity index (χ0v) is 20.1. The highest BCUT2D eigenvalue weighted by Crippen LogP contribution is 2.22. The lowest BCUT2D eigenvalue weighted by Crippen LogP contribution is -2.46. The molecule has 8 heteroatoms. The van der Waals surface area contributed by atoms with Gasteiger partial charge < -0.3 is 20.4 Å². The molecule has 2 N–H and O–H groups in total. The number of benzene rings is 1. The summed E-state index contributed by atoms with van der Waals surface area (Å²) in [7, 11) is 0. The number of nitrogens with one attached hydrogen (secondary N) is 2. The Morgan fingerprint density at radius 3 is 2.53 bits per heavy atom. The maximum atomic E-state index is 14.7. The van der Waals surface area contributed by atoms with Crippen LogP contribution in [0, 0.1) is 5.82 Å². The van der Waals surface area contributed by atoms with Crippen molar-refractivity contribution in [2.24, 2.45) is 4.99 Å². The summed E-state index contributed by atoms with van der Waals surface area (Å²) in [6.07, 6.45) is 1.77. The average Bonchev–Trinajstić information content (AvgIpc) is 2.76. The summed E-state index contributed by atoms with van der Waals surface area (Å²) in [5.74, 6) is 0.521. The molecule has 0 atom stereocenters. The summed E-state index contributed by atoms with van der Waals surface area (Å²) >= 11 is 0. The van der Waals surface area contributed by atoms with Gasteiger partial charge >= 0.3 is 0 Å². The monoisotopic (exact) mass is 526 g/mol. The molecule has 2 aromatic rings. The molecule has 0 radical (unpaired) electrons. The van der Waals surface area contributed by atoms with Gasteiger partial charge in [0.15, 0.2) is 5.96 Å². The number of pyridine rings is 1. The summed E-state index contributed by atoms with van der Waals surface area (Å²) in [6, 6.07) is 11.3. The number of piperazine rings is 1. The highest BCUT2D eigenvalue weighted by atomic mass is 127. The summed E-state index contributed by atoms with van der Waals surface area (Å²) in [6.45, 7) is 10.7. The Morgan fingerprint density at radius 2 is 1.90 bits per heavy atom. The van der Waals surface area contributed by atoms with Crippen molar-refractivity contribution in [3.05, 3.63) is 59.7 Å². The molecule has 30 heavy (non-hydrogen) atoms. The molecule has 2 heterocycles. The minimum Gasteiger partial charge on any atom is -0.367 e. The van der Waals surface area contributed by atoms with Crippen LogP contribution < -0.4 is 15.5 Å². The van der Waals surface area contributed by atoms with Crippen LogP contribution in [0.5, 0.6) is 0 Å². The molecule has 0 spiro atoms. The zero-order chi connectivity index (χ0) is 20.5. The number of guanidine groups is 1. The van der Waals surface area contributed by atoms with Gasteiger partial charge in [0.2, 0.25) is 0 Å². The Bertz CT molecular complexity index is 793. The standard InChI is InChI=1S/C22H31FN6.HI/c1-3-24-22(27-17-19-7-5-6-10-25-19)26-16-18-8-9-21(20(23)15-18)29-13-11-28(4-2)12-14-29;/h5-10,15H,3-4,11-14,16-17H2,1-2H3,(H2,24,26,27);1H. The average molecular weight is 526 g/mol. The topological polar surface area (TPSA) is 55.8 Å². The van der Waals surface area contributed by atoms with Gasteiger partial charge in [-0.15, -0.1) is 24.0 Å². The van der Waals surface area contributed by atoms with Gasteiger partial charge in [0.1, 0.15) is 5.82 Å². The number of halogens is 2. The van der Waals surface area contributed by atoms with Crippen LogP contribution in [0.3, 0.4) is 0 Å². The number of aromatic nitrogens is 1. The van der Waals surface area contributed by atoms with Crippen LogP contribution in [0.2, 0.25) is 0 Å². The quantitative estimate of drug-likeness (QED) is 0.330. The van der Waals surface area contributed by atoms with E-state index < -0.39 is 0 Å². The van der Waals surface area contributed by atoms with E-state index in [0.29, 0.717) is 24.7 Å². The lowest BCUT2D eigenvalue weighted by Gasteiger charge is -2.35. The molecular formula is C22H32FIN6. The molecule has 164 valence electrons. The largest absolute Gasteiger partial charge is 0.367 e. The van der Waals surface area contributed by atoms with Crippen molar-refractivity contribution in [3.8, 4) is 0 Å².